The number of carbonyl (C=O) groups excluding carboxylic acids is 1. The Labute approximate surface area is 188 Å². The number of ether oxygens (including phenoxy) is 3. The van der Waals surface area contributed by atoms with Gasteiger partial charge in [0, 0.05) is 6.08 Å². The zero-order chi connectivity index (χ0) is 22.3. The molecule has 2 heterocycles. The molecule has 0 saturated carbocycles. The highest BCUT2D eigenvalue weighted by Crippen LogP contribution is 2.30. The van der Waals surface area contributed by atoms with Crippen molar-refractivity contribution >= 4 is 18.1 Å². The number of fused-ring (bicyclic) bond motifs is 1. The van der Waals surface area contributed by atoms with Crippen molar-refractivity contribution in [3.8, 4) is 0 Å². The molecule has 0 aromatic heterocycles. The van der Waals surface area contributed by atoms with Crippen molar-refractivity contribution in [3.63, 3.8) is 0 Å². The summed E-state index contributed by atoms with van der Waals surface area (Å²) in [6.07, 6.45) is 5.50. The van der Waals surface area contributed by atoms with E-state index in [4.69, 9.17) is 24.0 Å². The normalized spacial score (nSPS) is 24.9. The zero-order valence-corrected chi connectivity index (χ0v) is 18.3. The first-order valence-electron chi connectivity index (χ1n) is 10.8. The predicted octanol–water partition coefficient (Wildman–Crippen LogP) is 4.06. The van der Waals surface area contributed by atoms with Crippen molar-refractivity contribution in [3.05, 3.63) is 82.9 Å². The van der Waals surface area contributed by atoms with Crippen LogP contribution in [0.25, 0.3) is 12.2 Å². The van der Waals surface area contributed by atoms with Crippen LogP contribution in [0.15, 0.2) is 60.7 Å². The first-order valence-corrected chi connectivity index (χ1v) is 10.8. The second kappa shape index (κ2) is 10.7. The van der Waals surface area contributed by atoms with Gasteiger partial charge in [0.05, 0.1) is 13.2 Å². The third-order valence-corrected chi connectivity index (χ3v) is 5.46. The molecule has 4 unspecified atom stereocenters. The molecule has 4 rings (SSSR count). The smallest absolute Gasteiger partial charge is 0.331 e. The molecule has 6 nitrogen and oxygen atoms in total. The third kappa shape index (κ3) is 5.93. The number of hydrogen-bond donors (Lipinski definition) is 0. The van der Waals surface area contributed by atoms with E-state index in [0.717, 1.165) is 11.1 Å². The van der Waals surface area contributed by atoms with Crippen LogP contribution in [-0.4, -0.2) is 50.2 Å². The van der Waals surface area contributed by atoms with Gasteiger partial charge in [-0.3, -0.25) is 0 Å². The first kappa shape index (κ1) is 22.4. The summed E-state index contributed by atoms with van der Waals surface area (Å²) in [7, 11) is 0. The van der Waals surface area contributed by atoms with Crippen molar-refractivity contribution in [2.24, 2.45) is 0 Å². The SMILES string of the molecule is Cc1ccc(/C=C/COOC2COC3C(OC(=O)/C=C/c4ccc(C)cc4)COC23)cc1. The van der Waals surface area contributed by atoms with Crippen molar-refractivity contribution < 1.29 is 28.8 Å². The van der Waals surface area contributed by atoms with Crippen molar-refractivity contribution in [2.75, 3.05) is 19.8 Å². The lowest BCUT2D eigenvalue weighted by Crippen LogP contribution is -2.34. The lowest BCUT2D eigenvalue weighted by molar-refractivity contribution is -0.326. The molecule has 2 aromatic rings. The van der Waals surface area contributed by atoms with Gasteiger partial charge in [0.25, 0.3) is 0 Å². The van der Waals surface area contributed by atoms with Gasteiger partial charge in [0.1, 0.15) is 24.9 Å². The summed E-state index contributed by atoms with van der Waals surface area (Å²) >= 11 is 0. The Kier molecular flexibility index (Phi) is 7.50. The van der Waals surface area contributed by atoms with Crippen LogP contribution in [0.5, 0.6) is 0 Å². The lowest BCUT2D eigenvalue weighted by atomic mass is 10.1. The summed E-state index contributed by atoms with van der Waals surface area (Å²) in [4.78, 5) is 23.0. The van der Waals surface area contributed by atoms with E-state index < -0.39 is 12.1 Å². The molecule has 0 bridgehead atoms. The number of aryl methyl sites for hydroxylation is 2. The molecule has 2 aliphatic rings. The van der Waals surface area contributed by atoms with Crippen LogP contribution in [0.1, 0.15) is 22.3 Å². The summed E-state index contributed by atoms with van der Waals surface area (Å²) in [5.74, 6) is -0.426. The molecule has 0 N–H and O–H groups in total. The standard InChI is InChI=1S/C26H28O6/c1-18-5-9-20(10-6-18)4-3-15-30-32-23-17-29-25-22(16-28-26(23)25)31-24(27)14-13-21-11-7-19(2)8-12-21/h3-14,22-23,25-26H,15-17H2,1-2H3/b4-3+,14-13+. The van der Waals surface area contributed by atoms with E-state index in [1.165, 1.54) is 17.2 Å². The fourth-order valence-electron chi connectivity index (χ4n) is 3.67. The first-order chi connectivity index (χ1) is 15.6. The van der Waals surface area contributed by atoms with E-state index in [2.05, 4.69) is 19.1 Å². The van der Waals surface area contributed by atoms with Crippen molar-refractivity contribution in [1.82, 2.24) is 0 Å². The lowest BCUT2D eigenvalue weighted by Gasteiger charge is -2.16. The number of rotatable bonds is 8. The molecule has 0 aliphatic carbocycles. The van der Waals surface area contributed by atoms with Crippen LogP contribution in [0.4, 0.5) is 0 Å². The van der Waals surface area contributed by atoms with Gasteiger partial charge in [-0.05, 0) is 31.1 Å². The maximum absolute atomic E-state index is 12.2. The molecule has 0 spiro atoms. The van der Waals surface area contributed by atoms with E-state index in [1.54, 1.807) is 6.08 Å². The van der Waals surface area contributed by atoms with Crippen LogP contribution in [0.3, 0.4) is 0 Å². The molecule has 4 atom stereocenters. The second-order valence-corrected chi connectivity index (χ2v) is 8.05. The van der Waals surface area contributed by atoms with Gasteiger partial charge in [-0.15, -0.1) is 0 Å². The topological polar surface area (TPSA) is 63.2 Å². The Morgan fingerprint density at radius 3 is 2.09 bits per heavy atom. The summed E-state index contributed by atoms with van der Waals surface area (Å²) in [6, 6.07) is 16.1. The molecule has 2 aromatic carbocycles. The summed E-state index contributed by atoms with van der Waals surface area (Å²) in [5, 5.41) is 0. The Balaban J connectivity index is 1.19. The highest BCUT2D eigenvalue weighted by atomic mass is 17.2. The van der Waals surface area contributed by atoms with Crippen LogP contribution in [0, 0.1) is 13.8 Å². The molecular formula is C26H28O6. The maximum atomic E-state index is 12.2. The van der Waals surface area contributed by atoms with E-state index >= 15 is 0 Å². The molecule has 0 amide bonds. The number of carbonyl (C=O) groups is 1. The van der Waals surface area contributed by atoms with Crippen LogP contribution < -0.4 is 0 Å². The van der Waals surface area contributed by atoms with Gasteiger partial charge in [-0.1, -0.05) is 71.8 Å². The third-order valence-electron chi connectivity index (χ3n) is 5.46. The minimum Gasteiger partial charge on any atom is -0.454 e. The minimum atomic E-state index is -0.467. The van der Waals surface area contributed by atoms with E-state index in [0.29, 0.717) is 13.2 Å². The fraction of sp³-hybridized carbons (Fsp3) is 0.346. The number of hydrogen-bond acceptors (Lipinski definition) is 6. The van der Waals surface area contributed by atoms with Gasteiger partial charge in [0.15, 0.2) is 6.10 Å². The number of esters is 1. The maximum Gasteiger partial charge on any atom is 0.331 e. The van der Waals surface area contributed by atoms with Gasteiger partial charge in [-0.2, -0.15) is 0 Å². The van der Waals surface area contributed by atoms with E-state index in [1.807, 2.05) is 55.5 Å². The zero-order valence-electron chi connectivity index (χ0n) is 18.3. The summed E-state index contributed by atoms with van der Waals surface area (Å²) in [5.41, 5.74) is 4.43. The molecular weight excluding hydrogens is 408 g/mol. The molecule has 168 valence electrons. The van der Waals surface area contributed by atoms with Gasteiger partial charge in [0.2, 0.25) is 0 Å². The van der Waals surface area contributed by atoms with Gasteiger partial charge >= 0.3 is 5.97 Å². The van der Waals surface area contributed by atoms with Crippen LogP contribution in [-0.2, 0) is 28.8 Å². The van der Waals surface area contributed by atoms with Gasteiger partial charge < -0.3 is 14.2 Å². The average Bonchev–Trinajstić information content (AvgIpc) is 3.38. The fourth-order valence-corrected chi connectivity index (χ4v) is 3.67. The highest BCUT2D eigenvalue weighted by Gasteiger charge is 2.50. The summed E-state index contributed by atoms with van der Waals surface area (Å²) < 4.78 is 17.1. The number of benzene rings is 2. The Morgan fingerprint density at radius 2 is 1.44 bits per heavy atom. The van der Waals surface area contributed by atoms with Crippen molar-refractivity contribution in [2.45, 2.75) is 38.3 Å². The molecule has 6 heteroatoms. The predicted molar refractivity (Wildman–Crippen MR) is 121 cm³/mol. The monoisotopic (exact) mass is 436 g/mol. The Morgan fingerprint density at radius 1 is 0.875 bits per heavy atom. The Bertz CT molecular complexity index is 947. The van der Waals surface area contributed by atoms with E-state index in [-0.39, 0.29) is 24.9 Å². The van der Waals surface area contributed by atoms with Crippen LogP contribution >= 0.6 is 0 Å². The molecule has 32 heavy (non-hydrogen) atoms. The summed E-state index contributed by atoms with van der Waals surface area (Å²) in [6.45, 7) is 4.98. The second-order valence-electron chi connectivity index (χ2n) is 8.05. The van der Waals surface area contributed by atoms with Crippen molar-refractivity contribution in [1.29, 1.82) is 0 Å². The van der Waals surface area contributed by atoms with Crippen LogP contribution in [0.2, 0.25) is 0 Å². The molecule has 2 fully saturated rings. The average molecular weight is 437 g/mol. The van der Waals surface area contributed by atoms with Gasteiger partial charge in [-0.25, -0.2) is 14.6 Å². The molecule has 2 aliphatic heterocycles. The quantitative estimate of drug-likeness (QED) is 0.205. The van der Waals surface area contributed by atoms with E-state index in [9.17, 15) is 4.79 Å². The minimum absolute atomic E-state index is 0.270. The molecule has 0 radical (unpaired) electrons. The Hall–Kier alpha value is -2.77. The highest BCUT2D eigenvalue weighted by molar-refractivity contribution is 5.87. The molecule has 2 saturated heterocycles. The largest absolute Gasteiger partial charge is 0.454 e.